The number of carbonyl (C=O) groups excluding carboxylic acids is 1. The Balaban J connectivity index is 1.79. The third-order valence-corrected chi connectivity index (χ3v) is 5.80. The van der Waals surface area contributed by atoms with E-state index in [0.717, 1.165) is 11.3 Å². The Bertz CT molecular complexity index is 1120. The fraction of sp³-hybridized carbons (Fsp3) is 0.333. The number of benzene rings is 2. The maximum atomic E-state index is 12.9. The van der Waals surface area contributed by atoms with E-state index in [1.807, 2.05) is 50.2 Å². The van der Waals surface area contributed by atoms with Crippen LogP contribution >= 0.6 is 12.2 Å². The molecule has 0 aliphatic carbocycles. The monoisotopic (exact) mass is 470 g/mol. The summed E-state index contributed by atoms with van der Waals surface area (Å²) in [5.41, 5.74) is 2.64. The lowest BCUT2D eigenvalue weighted by molar-refractivity contribution is -0.136. The highest BCUT2D eigenvalue weighted by molar-refractivity contribution is 7.80. The van der Waals surface area contributed by atoms with Crippen molar-refractivity contribution in [3.8, 4) is 23.0 Å². The van der Waals surface area contributed by atoms with Gasteiger partial charge in [0.15, 0.2) is 28.1 Å². The predicted octanol–water partition coefficient (Wildman–Crippen LogP) is 3.75. The van der Waals surface area contributed by atoms with Gasteiger partial charge in [-0.2, -0.15) is 0 Å². The van der Waals surface area contributed by atoms with Crippen LogP contribution in [0.3, 0.4) is 0 Å². The molecule has 2 aromatic rings. The molecule has 4 rings (SSSR count). The fourth-order valence-corrected chi connectivity index (χ4v) is 4.35. The predicted molar refractivity (Wildman–Crippen MR) is 127 cm³/mol. The Morgan fingerprint density at radius 3 is 2.58 bits per heavy atom. The van der Waals surface area contributed by atoms with E-state index in [1.165, 1.54) is 7.11 Å². The first-order valence-corrected chi connectivity index (χ1v) is 11.0. The minimum Gasteiger partial charge on any atom is -0.493 e. The van der Waals surface area contributed by atoms with E-state index in [4.69, 9.17) is 35.9 Å². The van der Waals surface area contributed by atoms with Gasteiger partial charge in [-0.1, -0.05) is 6.07 Å². The van der Waals surface area contributed by atoms with E-state index in [1.54, 1.807) is 12.0 Å². The molecule has 33 heavy (non-hydrogen) atoms. The van der Waals surface area contributed by atoms with Gasteiger partial charge in [-0.05, 0) is 55.9 Å². The second-order valence-electron chi connectivity index (χ2n) is 7.38. The molecule has 8 nitrogen and oxygen atoms in total. The van der Waals surface area contributed by atoms with Gasteiger partial charge in [0.05, 0.1) is 38.1 Å². The van der Waals surface area contributed by atoms with Gasteiger partial charge in [0, 0.05) is 11.8 Å². The first-order chi connectivity index (χ1) is 16.0. The molecule has 0 saturated carbocycles. The summed E-state index contributed by atoms with van der Waals surface area (Å²) in [6.45, 7) is 5.20. The maximum absolute atomic E-state index is 12.9. The zero-order valence-corrected chi connectivity index (χ0v) is 19.8. The summed E-state index contributed by atoms with van der Waals surface area (Å²) in [4.78, 5) is 14.7. The molecule has 174 valence electrons. The van der Waals surface area contributed by atoms with Crippen LogP contribution in [-0.2, 0) is 9.53 Å². The maximum Gasteiger partial charge on any atom is 0.337 e. The van der Waals surface area contributed by atoms with Crippen molar-refractivity contribution >= 4 is 29.0 Å². The highest BCUT2D eigenvalue weighted by Crippen LogP contribution is 2.40. The molecule has 0 aromatic heterocycles. The van der Waals surface area contributed by atoms with E-state index in [2.05, 4.69) is 5.32 Å². The second kappa shape index (κ2) is 9.58. The number of rotatable bonds is 6. The molecule has 0 bridgehead atoms. The Hall–Kier alpha value is -3.46. The number of anilines is 1. The number of allylic oxidation sites excluding steroid dienone is 1. The Morgan fingerprint density at radius 1 is 1.12 bits per heavy atom. The summed E-state index contributed by atoms with van der Waals surface area (Å²) >= 11 is 5.73. The van der Waals surface area contributed by atoms with Gasteiger partial charge < -0.3 is 29.0 Å². The van der Waals surface area contributed by atoms with Crippen LogP contribution in [-0.4, -0.2) is 45.1 Å². The summed E-state index contributed by atoms with van der Waals surface area (Å²) in [5.74, 6) is 2.05. The smallest absolute Gasteiger partial charge is 0.337 e. The van der Waals surface area contributed by atoms with Crippen LogP contribution in [0.5, 0.6) is 23.0 Å². The Labute approximate surface area is 198 Å². The Kier molecular flexibility index (Phi) is 6.60. The van der Waals surface area contributed by atoms with Gasteiger partial charge >= 0.3 is 5.97 Å². The van der Waals surface area contributed by atoms with E-state index < -0.39 is 12.0 Å². The second-order valence-corrected chi connectivity index (χ2v) is 7.77. The van der Waals surface area contributed by atoms with Crippen molar-refractivity contribution in [2.75, 3.05) is 38.9 Å². The molecule has 0 saturated heterocycles. The number of hydrogen-bond acceptors (Lipinski definition) is 7. The van der Waals surface area contributed by atoms with Crippen molar-refractivity contribution < 1.29 is 28.5 Å². The quantitative estimate of drug-likeness (QED) is 0.502. The highest BCUT2D eigenvalue weighted by Gasteiger charge is 2.36. The third-order valence-electron chi connectivity index (χ3n) is 5.49. The molecule has 1 atom stereocenters. The number of hydrogen-bond donors (Lipinski definition) is 1. The molecule has 1 N–H and O–H groups in total. The number of methoxy groups -OCH3 is 2. The van der Waals surface area contributed by atoms with Gasteiger partial charge in [0.2, 0.25) is 0 Å². The molecule has 2 aliphatic heterocycles. The molecule has 2 heterocycles. The first kappa shape index (κ1) is 22.7. The molecular weight excluding hydrogens is 444 g/mol. The van der Waals surface area contributed by atoms with Gasteiger partial charge in [-0.3, -0.25) is 4.90 Å². The van der Waals surface area contributed by atoms with Crippen molar-refractivity contribution in [2.45, 2.75) is 19.9 Å². The lowest BCUT2D eigenvalue weighted by atomic mass is 9.94. The van der Waals surface area contributed by atoms with Gasteiger partial charge in [-0.25, -0.2) is 4.79 Å². The molecule has 0 spiro atoms. The highest BCUT2D eigenvalue weighted by atomic mass is 32.1. The lowest BCUT2D eigenvalue weighted by Gasteiger charge is -2.37. The van der Waals surface area contributed by atoms with E-state index in [9.17, 15) is 4.79 Å². The summed E-state index contributed by atoms with van der Waals surface area (Å²) in [7, 11) is 2.95. The number of thiocarbonyl (C=S) groups is 1. The minimum absolute atomic E-state index is 0.439. The average Bonchev–Trinajstić information content (AvgIpc) is 2.83. The van der Waals surface area contributed by atoms with Crippen LogP contribution in [0.1, 0.15) is 25.5 Å². The molecule has 9 heteroatoms. The van der Waals surface area contributed by atoms with Crippen LogP contribution < -0.4 is 29.2 Å². The SMILES string of the molecule is CCOc1cc(C2NC(=S)N(c3ccc4c(c3)OCCO4)C(C)=C2C(=O)OC)ccc1OC. The van der Waals surface area contributed by atoms with Gasteiger partial charge in [-0.15, -0.1) is 0 Å². The number of nitrogens with one attached hydrogen (secondary N) is 1. The van der Waals surface area contributed by atoms with Crippen molar-refractivity contribution in [1.29, 1.82) is 0 Å². The minimum atomic E-state index is -0.525. The molecule has 2 aromatic carbocycles. The molecule has 1 unspecified atom stereocenters. The fourth-order valence-electron chi connectivity index (χ4n) is 3.99. The van der Waals surface area contributed by atoms with Crippen LogP contribution in [0.4, 0.5) is 5.69 Å². The van der Waals surface area contributed by atoms with Crippen molar-refractivity contribution in [1.82, 2.24) is 5.32 Å². The third kappa shape index (κ3) is 4.28. The number of fused-ring (bicyclic) bond motifs is 1. The first-order valence-electron chi connectivity index (χ1n) is 10.6. The number of ether oxygens (including phenoxy) is 5. The van der Waals surface area contributed by atoms with Crippen molar-refractivity contribution in [2.24, 2.45) is 0 Å². The van der Waals surface area contributed by atoms with E-state index >= 15 is 0 Å². The van der Waals surface area contributed by atoms with E-state index in [0.29, 0.717) is 59.2 Å². The average molecular weight is 471 g/mol. The van der Waals surface area contributed by atoms with Crippen LogP contribution in [0.25, 0.3) is 0 Å². The molecule has 2 aliphatic rings. The summed E-state index contributed by atoms with van der Waals surface area (Å²) in [6, 6.07) is 10.6. The lowest BCUT2D eigenvalue weighted by Crippen LogP contribution is -2.48. The molecule has 0 fully saturated rings. The summed E-state index contributed by atoms with van der Waals surface area (Å²) in [6.07, 6.45) is 0. The summed E-state index contributed by atoms with van der Waals surface area (Å²) < 4.78 is 27.6. The normalized spacial score (nSPS) is 17.4. The number of carbonyl (C=O) groups is 1. The van der Waals surface area contributed by atoms with Crippen molar-refractivity contribution in [3.05, 3.63) is 53.2 Å². The van der Waals surface area contributed by atoms with Crippen LogP contribution in [0, 0.1) is 0 Å². The Morgan fingerprint density at radius 2 is 1.88 bits per heavy atom. The number of nitrogens with zero attached hydrogens (tertiary/aromatic N) is 1. The van der Waals surface area contributed by atoms with Crippen LogP contribution in [0.15, 0.2) is 47.7 Å². The van der Waals surface area contributed by atoms with Crippen LogP contribution in [0.2, 0.25) is 0 Å². The van der Waals surface area contributed by atoms with Gasteiger partial charge in [0.1, 0.15) is 13.2 Å². The van der Waals surface area contributed by atoms with Crippen molar-refractivity contribution in [3.63, 3.8) is 0 Å². The zero-order valence-electron chi connectivity index (χ0n) is 19.0. The van der Waals surface area contributed by atoms with Gasteiger partial charge in [0.25, 0.3) is 0 Å². The molecular formula is C24H26N2O6S. The zero-order chi connectivity index (χ0) is 23.5. The topological polar surface area (TPSA) is 78.5 Å². The largest absolute Gasteiger partial charge is 0.493 e. The molecule has 0 radical (unpaired) electrons. The number of esters is 1. The van der Waals surface area contributed by atoms with E-state index in [-0.39, 0.29) is 0 Å². The molecule has 0 amide bonds. The summed E-state index contributed by atoms with van der Waals surface area (Å²) in [5, 5.41) is 3.73. The standard InChI is InChI=1S/C24H26N2O6S/c1-5-30-19-12-15(6-8-17(19)28-3)22-21(23(27)29-4)14(2)26(24(33)25-22)16-7-9-18-20(13-16)32-11-10-31-18/h6-9,12-13,22H,5,10-11H2,1-4H3,(H,25,33).